The molecule has 1 heterocycles. The zero-order valence-corrected chi connectivity index (χ0v) is 14.3. The number of carbonyl (C=O) groups is 3. The third-order valence-electron chi connectivity index (χ3n) is 3.95. The number of amides is 1. The summed E-state index contributed by atoms with van der Waals surface area (Å²) in [6.07, 6.45) is 0.927. The highest BCUT2D eigenvalue weighted by Gasteiger charge is 2.32. The molecule has 0 bridgehead atoms. The topological polar surface area (TPSA) is 93.1 Å². The third kappa shape index (κ3) is 5.29. The number of benzene rings is 1. The van der Waals surface area contributed by atoms with Crippen LogP contribution in [-0.4, -0.2) is 60.1 Å². The lowest BCUT2D eigenvalue weighted by atomic mass is 10.1. The lowest BCUT2D eigenvalue weighted by molar-refractivity contribution is -0.158. The molecular weight excluding hydrogens is 326 g/mol. The highest BCUT2D eigenvalue weighted by molar-refractivity contribution is 5.98. The number of aliphatic carboxylic acids is 1. The molecule has 0 spiro atoms. The molecule has 136 valence electrons. The Labute approximate surface area is 146 Å². The van der Waals surface area contributed by atoms with Gasteiger partial charge in [0, 0.05) is 24.9 Å². The number of morpholine rings is 1. The molecule has 0 radical (unpaired) electrons. The molecule has 1 N–H and O–H groups in total. The van der Waals surface area contributed by atoms with Crippen LogP contribution in [0.1, 0.15) is 36.5 Å². The Kier molecular flexibility index (Phi) is 6.94. The summed E-state index contributed by atoms with van der Waals surface area (Å²) in [5.74, 6) is -0.892. The lowest BCUT2D eigenvalue weighted by Crippen LogP contribution is -2.52. The van der Waals surface area contributed by atoms with Crippen LogP contribution in [0, 0.1) is 0 Å². The van der Waals surface area contributed by atoms with E-state index in [1.807, 2.05) is 6.92 Å². The van der Waals surface area contributed by atoms with Crippen LogP contribution >= 0.6 is 0 Å². The van der Waals surface area contributed by atoms with E-state index in [1.54, 1.807) is 24.3 Å². The van der Waals surface area contributed by atoms with Crippen LogP contribution in [0.3, 0.4) is 0 Å². The summed E-state index contributed by atoms with van der Waals surface area (Å²) in [5.41, 5.74) is 0.508. The van der Waals surface area contributed by atoms with Crippen LogP contribution in [0.15, 0.2) is 24.3 Å². The van der Waals surface area contributed by atoms with Gasteiger partial charge in [-0.3, -0.25) is 9.59 Å². The van der Waals surface area contributed by atoms with Crippen molar-refractivity contribution in [3.8, 4) is 5.75 Å². The molecule has 1 aromatic rings. The standard InChI is InChI=1S/C18H23NO6/c1-2-10-25-14-5-3-13(4-6-14)16(20)7-8-17(21)19-9-11-24-12-15(19)18(22)23/h3-6,15H,2,7-12H2,1H3,(H,22,23). The van der Waals surface area contributed by atoms with Crippen molar-refractivity contribution in [2.45, 2.75) is 32.2 Å². The minimum atomic E-state index is -1.10. The molecule has 1 saturated heterocycles. The summed E-state index contributed by atoms with van der Waals surface area (Å²) in [5, 5.41) is 9.15. The molecule has 1 aliphatic rings. The zero-order valence-electron chi connectivity index (χ0n) is 14.3. The molecule has 1 fully saturated rings. The molecule has 7 heteroatoms. The molecule has 1 amide bonds. The Hall–Kier alpha value is -2.41. The van der Waals surface area contributed by atoms with Crippen molar-refractivity contribution in [1.82, 2.24) is 4.90 Å². The van der Waals surface area contributed by atoms with Crippen LogP contribution in [0.25, 0.3) is 0 Å². The first kappa shape index (κ1) is 18.9. The molecule has 1 atom stereocenters. The third-order valence-corrected chi connectivity index (χ3v) is 3.95. The summed E-state index contributed by atoms with van der Waals surface area (Å²) in [6, 6.07) is 5.82. The Balaban J connectivity index is 1.88. The molecule has 1 aliphatic heterocycles. The SMILES string of the molecule is CCCOc1ccc(C(=O)CCC(=O)N2CCOCC2C(=O)O)cc1. The Morgan fingerprint density at radius 1 is 1.24 bits per heavy atom. The predicted octanol–water partition coefficient (Wildman–Crippen LogP) is 1.75. The summed E-state index contributed by atoms with van der Waals surface area (Å²) in [4.78, 5) is 36.9. The van der Waals surface area contributed by atoms with Gasteiger partial charge in [0.1, 0.15) is 5.75 Å². The normalized spacial score (nSPS) is 17.2. The minimum Gasteiger partial charge on any atom is -0.494 e. The average Bonchev–Trinajstić information content (AvgIpc) is 2.64. The van der Waals surface area contributed by atoms with Gasteiger partial charge in [-0.15, -0.1) is 0 Å². The molecular formula is C18H23NO6. The fraction of sp³-hybridized carbons (Fsp3) is 0.500. The second-order valence-corrected chi connectivity index (χ2v) is 5.81. The number of carbonyl (C=O) groups excluding carboxylic acids is 2. The lowest BCUT2D eigenvalue weighted by Gasteiger charge is -2.32. The molecule has 1 unspecified atom stereocenters. The number of nitrogens with zero attached hydrogens (tertiary/aromatic N) is 1. The van der Waals surface area contributed by atoms with E-state index in [0.29, 0.717) is 24.5 Å². The smallest absolute Gasteiger partial charge is 0.328 e. The van der Waals surface area contributed by atoms with Crippen molar-refractivity contribution in [2.24, 2.45) is 0 Å². The number of carboxylic acids is 1. The minimum absolute atomic E-state index is 0.0172. The van der Waals surface area contributed by atoms with E-state index in [9.17, 15) is 14.4 Å². The van der Waals surface area contributed by atoms with Crippen molar-refractivity contribution >= 4 is 17.7 Å². The van der Waals surface area contributed by atoms with Gasteiger partial charge in [0.2, 0.25) is 5.91 Å². The van der Waals surface area contributed by atoms with E-state index in [4.69, 9.17) is 14.6 Å². The number of carboxylic acid groups (broad SMARTS) is 1. The molecule has 1 aromatic carbocycles. The summed E-state index contributed by atoms with van der Waals surface area (Å²) in [6.45, 7) is 3.15. The monoisotopic (exact) mass is 349 g/mol. The van der Waals surface area contributed by atoms with Crippen molar-refractivity contribution in [3.05, 3.63) is 29.8 Å². The van der Waals surface area contributed by atoms with Gasteiger partial charge in [0.15, 0.2) is 11.8 Å². The Morgan fingerprint density at radius 2 is 1.96 bits per heavy atom. The van der Waals surface area contributed by atoms with Gasteiger partial charge in [-0.25, -0.2) is 4.79 Å². The molecule has 0 aromatic heterocycles. The van der Waals surface area contributed by atoms with Gasteiger partial charge in [-0.2, -0.15) is 0 Å². The Bertz CT molecular complexity index is 612. The van der Waals surface area contributed by atoms with Crippen molar-refractivity contribution in [2.75, 3.05) is 26.4 Å². The number of hydrogen-bond acceptors (Lipinski definition) is 5. The number of Topliss-reactive ketones (excluding diaryl/α,β-unsaturated/α-hetero) is 1. The highest BCUT2D eigenvalue weighted by atomic mass is 16.5. The van der Waals surface area contributed by atoms with Crippen LogP contribution in [0.2, 0.25) is 0 Å². The maximum Gasteiger partial charge on any atom is 0.328 e. The molecule has 2 rings (SSSR count). The summed E-state index contributed by atoms with van der Waals surface area (Å²) >= 11 is 0. The van der Waals surface area contributed by atoms with Crippen molar-refractivity contribution in [1.29, 1.82) is 0 Å². The maximum absolute atomic E-state index is 12.3. The van der Waals surface area contributed by atoms with Crippen LogP contribution in [0.5, 0.6) is 5.75 Å². The van der Waals surface area contributed by atoms with E-state index in [0.717, 1.165) is 6.42 Å². The summed E-state index contributed by atoms with van der Waals surface area (Å²) < 4.78 is 10.6. The molecule has 0 aliphatic carbocycles. The zero-order chi connectivity index (χ0) is 18.2. The van der Waals surface area contributed by atoms with Gasteiger partial charge < -0.3 is 19.5 Å². The van der Waals surface area contributed by atoms with Crippen LogP contribution in [0.4, 0.5) is 0 Å². The van der Waals surface area contributed by atoms with Gasteiger partial charge in [-0.05, 0) is 30.7 Å². The number of ether oxygens (including phenoxy) is 2. The largest absolute Gasteiger partial charge is 0.494 e. The number of rotatable bonds is 8. The second-order valence-electron chi connectivity index (χ2n) is 5.81. The van der Waals surface area contributed by atoms with Gasteiger partial charge >= 0.3 is 5.97 Å². The van der Waals surface area contributed by atoms with E-state index >= 15 is 0 Å². The first-order chi connectivity index (χ1) is 12.0. The average molecular weight is 349 g/mol. The van der Waals surface area contributed by atoms with E-state index < -0.39 is 12.0 Å². The highest BCUT2D eigenvalue weighted by Crippen LogP contribution is 2.16. The Morgan fingerprint density at radius 3 is 2.60 bits per heavy atom. The summed E-state index contributed by atoms with van der Waals surface area (Å²) in [7, 11) is 0. The fourth-order valence-corrected chi connectivity index (χ4v) is 2.57. The predicted molar refractivity (Wildman–Crippen MR) is 89.7 cm³/mol. The van der Waals surface area contributed by atoms with E-state index in [2.05, 4.69) is 0 Å². The molecule has 25 heavy (non-hydrogen) atoms. The van der Waals surface area contributed by atoms with Crippen molar-refractivity contribution < 1.29 is 29.0 Å². The van der Waals surface area contributed by atoms with Gasteiger partial charge in [-0.1, -0.05) is 6.92 Å². The van der Waals surface area contributed by atoms with Crippen molar-refractivity contribution in [3.63, 3.8) is 0 Å². The maximum atomic E-state index is 12.3. The quantitative estimate of drug-likeness (QED) is 0.719. The van der Waals surface area contributed by atoms with Crippen LogP contribution in [-0.2, 0) is 14.3 Å². The molecule has 7 nitrogen and oxygen atoms in total. The van der Waals surface area contributed by atoms with E-state index in [-0.39, 0.29) is 37.7 Å². The van der Waals surface area contributed by atoms with Crippen LogP contribution < -0.4 is 4.74 Å². The first-order valence-electron chi connectivity index (χ1n) is 8.39. The fourth-order valence-electron chi connectivity index (χ4n) is 2.57. The first-order valence-corrected chi connectivity index (χ1v) is 8.39. The van der Waals surface area contributed by atoms with Gasteiger partial charge in [0.05, 0.1) is 19.8 Å². The number of hydrogen-bond donors (Lipinski definition) is 1. The molecule has 0 saturated carbocycles. The number of ketones is 1. The van der Waals surface area contributed by atoms with Gasteiger partial charge in [0.25, 0.3) is 0 Å². The van der Waals surface area contributed by atoms with E-state index in [1.165, 1.54) is 4.90 Å². The second kappa shape index (κ2) is 9.17.